The molecule has 1 N–H and O–H groups in total. The SMILES string of the molecule is COc1ccc(S(=O)(=O)Nc2cc(Br)ccc2Br)cc1Br. The molecular weight excluding hydrogens is 490 g/mol. The molecule has 21 heavy (non-hydrogen) atoms. The minimum Gasteiger partial charge on any atom is -0.496 e. The van der Waals surface area contributed by atoms with Crippen molar-refractivity contribution < 1.29 is 13.2 Å². The van der Waals surface area contributed by atoms with E-state index in [4.69, 9.17) is 4.74 Å². The summed E-state index contributed by atoms with van der Waals surface area (Å²) in [6.07, 6.45) is 0. The Labute approximate surface area is 148 Å². The second-order valence-corrected chi connectivity index (χ2v) is 8.33. The summed E-state index contributed by atoms with van der Waals surface area (Å²) in [6.45, 7) is 0. The Morgan fingerprint density at radius 3 is 2.33 bits per heavy atom. The third-order valence-corrected chi connectivity index (χ3v) is 5.77. The molecule has 2 aromatic rings. The fraction of sp³-hybridized carbons (Fsp3) is 0.0769. The minimum atomic E-state index is -3.69. The lowest BCUT2D eigenvalue weighted by atomic mass is 10.3. The molecule has 0 spiro atoms. The van der Waals surface area contributed by atoms with Crippen molar-refractivity contribution in [3.63, 3.8) is 0 Å². The molecule has 0 heterocycles. The summed E-state index contributed by atoms with van der Waals surface area (Å²) < 4.78 is 34.5. The maximum Gasteiger partial charge on any atom is 0.261 e. The number of hydrogen-bond acceptors (Lipinski definition) is 3. The van der Waals surface area contributed by atoms with E-state index in [-0.39, 0.29) is 4.90 Å². The van der Waals surface area contributed by atoms with E-state index in [9.17, 15) is 8.42 Å². The normalized spacial score (nSPS) is 11.2. The van der Waals surface area contributed by atoms with Crippen molar-refractivity contribution >= 4 is 63.5 Å². The average molecular weight is 500 g/mol. The molecule has 0 saturated carbocycles. The van der Waals surface area contributed by atoms with Crippen LogP contribution in [-0.4, -0.2) is 15.5 Å². The van der Waals surface area contributed by atoms with Crippen molar-refractivity contribution in [1.29, 1.82) is 0 Å². The van der Waals surface area contributed by atoms with Gasteiger partial charge in [-0.25, -0.2) is 8.42 Å². The van der Waals surface area contributed by atoms with Crippen LogP contribution in [0.5, 0.6) is 5.75 Å². The van der Waals surface area contributed by atoms with Crippen LogP contribution in [0.25, 0.3) is 0 Å². The first-order valence-corrected chi connectivity index (χ1v) is 9.51. The van der Waals surface area contributed by atoms with Gasteiger partial charge in [0, 0.05) is 8.95 Å². The van der Waals surface area contributed by atoms with Gasteiger partial charge in [0.25, 0.3) is 10.0 Å². The van der Waals surface area contributed by atoms with Crippen LogP contribution < -0.4 is 9.46 Å². The predicted molar refractivity (Wildman–Crippen MR) is 93.3 cm³/mol. The maximum absolute atomic E-state index is 12.4. The van der Waals surface area contributed by atoms with Crippen molar-refractivity contribution in [3.8, 4) is 5.75 Å². The van der Waals surface area contributed by atoms with Gasteiger partial charge in [0.2, 0.25) is 0 Å². The zero-order chi connectivity index (χ0) is 15.6. The van der Waals surface area contributed by atoms with Crippen LogP contribution in [0.1, 0.15) is 0 Å². The van der Waals surface area contributed by atoms with Crippen LogP contribution in [-0.2, 0) is 10.0 Å². The number of ether oxygens (including phenoxy) is 1. The van der Waals surface area contributed by atoms with E-state index < -0.39 is 10.0 Å². The fourth-order valence-electron chi connectivity index (χ4n) is 1.59. The quantitative estimate of drug-likeness (QED) is 0.658. The van der Waals surface area contributed by atoms with Gasteiger partial charge in [-0.1, -0.05) is 15.9 Å². The van der Waals surface area contributed by atoms with E-state index in [1.807, 2.05) is 6.07 Å². The Balaban J connectivity index is 2.38. The van der Waals surface area contributed by atoms with E-state index in [2.05, 4.69) is 52.5 Å². The van der Waals surface area contributed by atoms with Gasteiger partial charge in [-0.15, -0.1) is 0 Å². The molecule has 0 aliphatic rings. The largest absolute Gasteiger partial charge is 0.496 e. The molecule has 4 nitrogen and oxygen atoms in total. The second kappa shape index (κ2) is 6.68. The molecule has 2 rings (SSSR count). The highest BCUT2D eigenvalue weighted by molar-refractivity contribution is 9.11. The van der Waals surface area contributed by atoms with E-state index in [1.165, 1.54) is 19.2 Å². The fourth-order valence-corrected chi connectivity index (χ4v) is 4.22. The monoisotopic (exact) mass is 497 g/mol. The third kappa shape index (κ3) is 4.00. The minimum absolute atomic E-state index is 0.141. The van der Waals surface area contributed by atoms with Gasteiger partial charge in [0.1, 0.15) is 5.75 Å². The van der Waals surface area contributed by atoms with Crippen LogP contribution in [0.2, 0.25) is 0 Å². The number of sulfonamides is 1. The molecule has 0 amide bonds. The van der Waals surface area contributed by atoms with Gasteiger partial charge in [0.05, 0.1) is 22.2 Å². The Morgan fingerprint density at radius 2 is 1.71 bits per heavy atom. The zero-order valence-electron chi connectivity index (χ0n) is 10.7. The first-order valence-electron chi connectivity index (χ1n) is 5.65. The molecule has 0 aliphatic heterocycles. The van der Waals surface area contributed by atoms with Crippen LogP contribution in [0.4, 0.5) is 5.69 Å². The first-order chi connectivity index (χ1) is 9.83. The molecule has 0 aliphatic carbocycles. The summed E-state index contributed by atoms with van der Waals surface area (Å²) in [6, 6.07) is 9.82. The van der Waals surface area contributed by atoms with E-state index in [0.29, 0.717) is 20.4 Å². The zero-order valence-corrected chi connectivity index (χ0v) is 16.3. The number of benzene rings is 2. The van der Waals surface area contributed by atoms with Crippen LogP contribution in [0.3, 0.4) is 0 Å². The molecule has 0 saturated heterocycles. The highest BCUT2D eigenvalue weighted by atomic mass is 79.9. The molecule has 0 fully saturated rings. The molecule has 0 radical (unpaired) electrons. The summed E-state index contributed by atoms with van der Waals surface area (Å²) in [4.78, 5) is 0.141. The Hall–Kier alpha value is -0.570. The second-order valence-electron chi connectivity index (χ2n) is 4.03. The van der Waals surface area contributed by atoms with Crippen molar-refractivity contribution in [2.24, 2.45) is 0 Å². The molecule has 0 aromatic heterocycles. The predicted octanol–water partition coefficient (Wildman–Crippen LogP) is 4.78. The van der Waals surface area contributed by atoms with Gasteiger partial charge in [-0.3, -0.25) is 4.72 Å². The average Bonchev–Trinajstić information content (AvgIpc) is 2.42. The van der Waals surface area contributed by atoms with E-state index in [1.54, 1.807) is 18.2 Å². The summed E-state index contributed by atoms with van der Waals surface area (Å²) in [5.74, 6) is 0.567. The number of methoxy groups -OCH3 is 1. The van der Waals surface area contributed by atoms with Crippen molar-refractivity contribution in [2.75, 3.05) is 11.8 Å². The topological polar surface area (TPSA) is 55.4 Å². The Morgan fingerprint density at radius 1 is 1.00 bits per heavy atom. The Kier molecular flexibility index (Phi) is 5.34. The lowest BCUT2D eigenvalue weighted by Gasteiger charge is -2.11. The molecule has 0 atom stereocenters. The van der Waals surface area contributed by atoms with E-state index >= 15 is 0 Å². The summed E-state index contributed by atoms with van der Waals surface area (Å²) >= 11 is 9.90. The smallest absolute Gasteiger partial charge is 0.261 e. The van der Waals surface area contributed by atoms with Gasteiger partial charge in [-0.05, 0) is 68.3 Å². The van der Waals surface area contributed by atoms with Crippen molar-refractivity contribution in [2.45, 2.75) is 4.90 Å². The number of nitrogens with one attached hydrogen (secondary N) is 1. The van der Waals surface area contributed by atoms with Crippen LogP contribution >= 0.6 is 47.8 Å². The van der Waals surface area contributed by atoms with Gasteiger partial charge in [0.15, 0.2) is 0 Å². The Bertz CT molecular complexity index is 778. The van der Waals surface area contributed by atoms with Crippen molar-refractivity contribution in [3.05, 3.63) is 49.8 Å². The lowest BCUT2D eigenvalue weighted by Crippen LogP contribution is -2.13. The van der Waals surface area contributed by atoms with Gasteiger partial charge in [-0.2, -0.15) is 0 Å². The highest BCUT2D eigenvalue weighted by Crippen LogP contribution is 2.31. The number of halogens is 3. The summed E-state index contributed by atoms with van der Waals surface area (Å²) in [5.41, 5.74) is 0.455. The maximum atomic E-state index is 12.4. The molecule has 112 valence electrons. The van der Waals surface area contributed by atoms with Gasteiger partial charge >= 0.3 is 0 Å². The summed E-state index contributed by atoms with van der Waals surface area (Å²) in [7, 11) is -2.17. The number of rotatable bonds is 4. The third-order valence-electron chi connectivity index (χ3n) is 2.61. The first kappa shape index (κ1) is 16.8. The van der Waals surface area contributed by atoms with Crippen LogP contribution in [0, 0.1) is 0 Å². The highest BCUT2D eigenvalue weighted by Gasteiger charge is 2.17. The molecule has 0 unspecified atom stereocenters. The molecule has 2 aromatic carbocycles. The van der Waals surface area contributed by atoms with Crippen LogP contribution in [0.15, 0.2) is 54.7 Å². The standard InChI is InChI=1S/C13H10Br3NO3S/c1-20-13-5-3-9(7-11(13)16)21(18,19)17-12-6-8(14)2-4-10(12)15/h2-7,17H,1H3. The molecular formula is C13H10Br3NO3S. The van der Waals surface area contributed by atoms with Crippen molar-refractivity contribution in [1.82, 2.24) is 0 Å². The van der Waals surface area contributed by atoms with Gasteiger partial charge < -0.3 is 4.74 Å². The lowest BCUT2D eigenvalue weighted by molar-refractivity contribution is 0.411. The number of anilines is 1. The summed E-state index contributed by atoms with van der Waals surface area (Å²) in [5, 5.41) is 0. The molecule has 8 heteroatoms. The van der Waals surface area contributed by atoms with E-state index in [0.717, 1.165) is 4.47 Å². The number of hydrogen-bond donors (Lipinski definition) is 1. The molecule has 0 bridgehead atoms.